The van der Waals surface area contributed by atoms with Crippen LogP contribution < -0.4 is 11.1 Å². The Hall–Kier alpha value is -1.51. The van der Waals surface area contributed by atoms with Crippen LogP contribution in [0.15, 0.2) is 24.0 Å². The number of hydrogen-bond acceptors (Lipinski definition) is 7. The lowest BCUT2D eigenvalue weighted by molar-refractivity contribution is -0.123. The highest BCUT2D eigenvalue weighted by atomic mass is 32.2. The van der Waals surface area contributed by atoms with Gasteiger partial charge in [-0.15, -0.1) is 11.3 Å². The van der Waals surface area contributed by atoms with Gasteiger partial charge in [0.25, 0.3) is 0 Å². The standard InChI is InChI=1S/C14H19N5OS2/c1-14(2,21-3)11(15)12(20)18-6-9-8-22-13(19-9)10-7-16-4-5-17-10/h4-5,7-8,11H,6,15H2,1-3H3,(H,18,20)/t11-/m1/s1. The Balaban J connectivity index is 1.96. The molecule has 8 heteroatoms. The maximum absolute atomic E-state index is 12.1. The van der Waals surface area contributed by atoms with Crippen LogP contribution in [-0.2, 0) is 11.3 Å². The van der Waals surface area contributed by atoms with E-state index in [-0.39, 0.29) is 10.7 Å². The van der Waals surface area contributed by atoms with Gasteiger partial charge < -0.3 is 11.1 Å². The molecule has 118 valence electrons. The molecule has 2 rings (SSSR count). The number of nitrogens with zero attached hydrogens (tertiary/aromatic N) is 3. The first-order valence-corrected chi connectivity index (χ1v) is 8.83. The van der Waals surface area contributed by atoms with Crippen molar-refractivity contribution in [1.29, 1.82) is 0 Å². The first-order valence-electron chi connectivity index (χ1n) is 6.73. The van der Waals surface area contributed by atoms with Crippen molar-refractivity contribution in [1.82, 2.24) is 20.3 Å². The van der Waals surface area contributed by atoms with E-state index in [1.807, 2.05) is 25.5 Å². The minimum atomic E-state index is -0.569. The Morgan fingerprint density at radius 3 is 2.91 bits per heavy atom. The van der Waals surface area contributed by atoms with Crippen molar-refractivity contribution in [3.8, 4) is 10.7 Å². The van der Waals surface area contributed by atoms with Crippen LogP contribution in [0.3, 0.4) is 0 Å². The van der Waals surface area contributed by atoms with Gasteiger partial charge in [0.15, 0.2) is 0 Å². The topological polar surface area (TPSA) is 93.8 Å². The number of nitrogens with two attached hydrogens (primary N) is 1. The number of nitrogens with one attached hydrogen (secondary N) is 1. The van der Waals surface area contributed by atoms with Crippen molar-refractivity contribution in [2.75, 3.05) is 6.26 Å². The highest BCUT2D eigenvalue weighted by molar-refractivity contribution is 8.00. The van der Waals surface area contributed by atoms with E-state index in [4.69, 9.17) is 5.73 Å². The zero-order valence-electron chi connectivity index (χ0n) is 12.7. The molecule has 0 bridgehead atoms. The molecule has 0 fully saturated rings. The normalized spacial score (nSPS) is 12.9. The summed E-state index contributed by atoms with van der Waals surface area (Å²) < 4.78 is -0.309. The van der Waals surface area contributed by atoms with Gasteiger partial charge in [-0.05, 0) is 20.1 Å². The fraction of sp³-hybridized carbons (Fsp3) is 0.429. The first kappa shape index (κ1) is 16.9. The third kappa shape index (κ3) is 4.02. The SMILES string of the molecule is CSC(C)(C)[C@H](N)C(=O)NCc1csc(-c2cnccn2)n1. The molecular formula is C14H19N5OS2. The highest BCUT2D eigenvalue weighted by Gasteiger charge is 2.31. The van der Waals surface area contributed by atoms with E-state index in [0.29, 0.717) is 6.54 Å². The predicted octanol–water partition coefficient (Wildman–Crippen LogP) is 1.69. The maximum Gasteiger partial charge on any atom is 0.238 e. The van der Waals surface area contributed by atoms with Gasteiger partial charge in [0.05, 0.1) is 24.5 Å². The minimum absolute atomic E-state index is 0.173. The molecule has 0 aliphatic carbocycles. The van der Waals surface area contributed by atoms with E-state index in [1.165, 1.54) is 11.3 Å². The molecule has 0 aliphatic rings. The smallest absolute Gasteiger partial charge is 0.238 e. The van der Waals surface area contributed by atoms with Gasteiger partial charge >= 0.3 is 0 Å². The molecule has 0 saturated carbocycles. The molecule has 22 heavy (non-hydrogen) atoms. The lowest BCUT2D eigenvalue weighted by Gasteiger charge is -2.28. The number of rotatable bonds is 6. The lowest BCUT2D eigenvalue weighted by Crippen LogP contribution is -2.51. The number of carbonyl (C=O) groups excluding carboxylic acids is 1. The van der Waals surface area contributed by atoms with E-state index in [9.17, 15) is 4.79 Å². The molecule has 2 aromatic heterocycles. The van der Waals surface area contributed by atoms with Crippen LogP contribution >= 0.6 is 23.1 Å². The summed E-state index contributed by atoms with van der Waals surface area (Å²) in [5.41, 5.74) is 7.51. The number of hydrogen-bond donors (Lipinski definition) is 2. The predicted molar refractivity (Wildman–Crippen MR) is 90.6 cm³/mol. The quantitative estimate of drug-likeness (QED) is 0.833. The number of carbonyl (C=O) groups is 1. The van der Waals surface area contributed by atoms with Crippen molar-refractivity contribution in [2.24, 2.45) is 5.73 Å². The average molecular weight is 337 g/mol. The molecule has 0 aromatic carbocycles. The van der Waals surface area contributed by atoms with Crippen LogP contribution in [0, 0.1) is 0 Å². The van der Waals surface area contributed by atoms with Gasteiger partial charge in [0, 0.05) is 22.5 Å². The Kier molecular flexibility index (Phi) is 5.49. The summed E-state index contributed by atoms with van der Waals surface area (Å²) in [5, 5.41) is 5.52. The summed E-state index contributed by atoms with van der Waals surface area (Å²) >= 11 is 3.04. The van der Waals surface area contributed by atoms with E-state index >= 15 is 0 Å². The number of amides is 1. The molecule has 1 atom stereocenters. The third-order valence-electron chi connectivity index (χ3n) is 3.34. The Morgan fingerprint density at radius 2 is 2.27 bits per heavy atom. The van der Waals surface area contributed by atoms with Gasteiger partial charge in [0.1, 0.15) is 10.7 Å². The number of thioether (sulfide) groups is 1. The highest BCUT2D eigenvalue weighted by Crippen LogP contribution is 2.24. The summed E-state index contributed by atoms with van der Waals surface area (Å²) in [6, 6.07) is -0.569. The van der Waals surface area contributed by atoms with Crippen LogP contribution in [0.1, 0.15) is 19.5 Å². The average Bonchev–Trinajstić information content (AvgIpc) is 3.01. The summed E-state index contributed by atoms with van der Waals surface area (Å²) in [5.74, 6) is -0.173. The molecule has 0 aliphatic heterocycles. The minimum Gasteiger partial charge on any atom is -0.349 e. The van der Waals surface area contributed by atoms with Crippen molar-refractivity contribution >= 4 is 29.0 Å². The first-order chi connectivity index (χ1) is 10.4. The van der Waals surface area contributed by atoms with Crippen molar-refractivity contribution < 1.29 is 4.79 Å². The Morgan fingerprint density at radius 1 is 1.50 bits per heavy atom. The molecule has 0 spiro atoms. The van der Waals surface area contributed by atoms with E-state index in [0.717, 1.165) is 16.4 Å². The summed E-state index contributed by atoms with van der Waals surface area (Å²) in [6.45, 7) is 4.27. The summed E-state index contributed by atoms with van der Waals surface area (Å²) in [6.07, 6.45) is 6.85. The van der Waals surface area contributed by atoms with E-state index in [1.54, 1.807) is 30.4 Å². The van der Waals surface area contributed by atoms with Crippen molar-refractivity contribution in [2.45, 2.75) is 31.2 Å². The van der Waals surface area contributed by atoms with Crippen LogP contribution in [0.4, 0.5) is 0 Å². The second-order valence-electron chi connectivity index (χ2n) is 5.24. The van der Waals surface area contributed by atoms with Gasteiger partial charge in [-0.2, -0.15) is 11.8 Å². The van der Waals surface area contributed by atoms with E-state index in [2.05, 4.69) is 20.3 Å². The zero-order valence-corrected chi connectivity index (χ0v) is 14.4. The molecule has 0 unspecified atom stereocenters. The lowest BCUT2D eigenvalue weighted by atomic mass is 10.0. The molecule has 2 aromatic rings. The fourth-order valence-electron chi connectivity index (χ4n) is 1.65. The zero-order chi connectivity index (χ0) is 16.2. The summed E-state index contributed by atoms with van der Waals surface area (Å²) in [4.78, 5) is 24.8. The van der Waals surface area contributed by atoms with Crippen molar-refractivity contribution in [3.63, 3.8) is 0 Å². The molecule has 6 nitrogen and oxygen atoms in total. The van der Waals surface area contributed by atoms with Crippen molar-refractivity contribution in [3.05, 3.63) is 29.7 Å². The third-order valence-corrected chi connectivity index (χ3v) is 5.56. The van der Waals surface area contributed by atoms with E-state index < -0.39 is 6.04 Å². The monoisotopic (exact) mass is 337 g/mol. The van der Waals surface area contributed by atoms with Crippen LogP contribution in [-0.4, -0.2) is 37.9 Å². The molecule has 3 N–H and O–H groups in total. The Labute approximate surface area is 138 Å². The number of aromatic nitrogens is 3. The van der Waals surface area contributed by atoms with Gasteiger partial charge in [-0.1, -0.05) is 0 Å². The molecule has 2 heterocycles. The largest absolute Gasteiger partial charge is 0.349 e. The Bertz CT molecular complexity index is 629. The van der Waals surface area contributed by atoms with Gasteiger partial charge in [-0.3, -0.25) is 14.8 Å². The summed E-state index contributed by atoms with van der Waals surface area (Å²) in [7, 11) is 0. The number of thiazole rings is 1. The second-order valence-corrected chi connectivity index (χ2v) is 7.56. The molecule has 0 saturated heterocycles. The van der Waals surface area contributed by atoms with Gasteiger partial charge in [0.2, 0.25) is 5.91 Å². The second kappa shape index (κ2) is 7.17. The van der Waals surface area contributed by atoms with Crippen LogP contribution in [0.5, 0.6) is 0 Å². The van der Waals surface area contributed by atoms with Gasteiger partial charge in [-0.25, -0.2) is 4.98 Å². The fourth-order valence-corrected chi connectivity index (χ4v) is 2.79. The molecule has 1 amide bonds. The molecule has 0 radical (unpaired) electrons. The van der Waals surface area contributed by atoms with Crippen LogP contribution in [0.25, 0.3) is 10.7 Å². The molecular weight excluding hydrogens is 318 g/mol. The maximum atomic E-state index is 12.1. The van der Waals surface area contributed by atoms with Crippen LogP contribution in [0.2, 0.25) is 0 Å².